The molecule has 0 aliphatic rings. The standard InChI is InChI=1S/C16H22N4/c1-13-16(19-10-9-18-13)14(2)20(11-8-17)12-15-6-4-3-5-7-15/h3-7,9-10,14H,8,11-12,17H2,1-2H3. The van der Waals surface area contributed by atoms with E-state index < -0.39 is 0 Å². The van der Waals surface area contributed by atoms with E-state index in [-0.39, 0.29) is 6.04 Å². The SMILES string of the molecule is Cc1nccnc1C(C)N(CCN)Cc1ccccc1. The molecule has 106 valence electrons. The molecule has 0 radical (unpaired) electrons. The fourth-order valence-corrected chi connectivity index (χ4v) is 2.39. The molecule has 0 saturated carbocycles. The molecule has 0 saturated heterocycles. The molecule has 2 rings (SSSR count). The van der Waals surface area contributed by atoms with Crippen molar-refractivity contribution in [2.45, 2.75) is 26.4 Å². The van der Waals surface area contributed by atoms with Gasteiger partial charge in [-0.2, -0.15) is 0 Å². The summed E-state index contributed by atoms with van der Waals surface area (Å²) in [6.07, 6.45) is 3.48. The van der Waals surface area contributed by atoms with Crippen molar-refractivity contribution in [3.8, 4) is 0 Å². The highest BCUT2D eigenvalue weighted by molar-refractivity contribution is 5.17. The first kappa shape index (κ1) is 14.6. The Morgan fingerprint density at radius 1 is 1.15 bits per heavy atom. The minimum absolute atomic E-state index is 0.201. The van der Waals surface area contributed by atoms with Crippen molar-refractivity contribution in [1.82, 2.24) is 14.9 Å². The molecule has 2 N–H and O–H groups in total. The van der Waals surface area contributed by atoms with Gasteiger partial charge < -0.3 is 5.73 Å². The molecular weight excluding hydrogens is 248 g/mol. The zero-order chi connectivity index (χ0) is 14.4. The quantitative estimate of drug-likeness (QED) is 0.875. The average Bonchev–Trinajstić information content (AvgIpc) is 2.48. The lowest BCUT2D eigenvalue weighted by Gasteiger charge is -2.29. The van der Waals surface area contributed by atoms with Crippen LogP contribution in [0, 0.1) is 6.92 Å². The minimum Gasteiger partial charge on any atom is -0.329 e. The molecule has 0 aliphatic heterocycles. The number of benzene rings is 1. The van der Waals surface area contributed by atoms with Crippen molar-refractivity contribution < 1.29 is 0 Å². The molecule has 0 aliphatic carbocycles. The highest BCUT2D eigenvalue weighted by Crippen LogP contribution is 2.21. The summed E-state index contributed by atoms with van der Waals surface area (Å²) in [5, 5.41) is 0. The maximum Gasteiger partial charge on any atom is 0.0784 e. The number of hydrogen-bond acceptors (Lipinski definition) is 4. The second kappa shape index (κ2) is 7.12. The highest BCUT2D eigenvalue weighted by Gasteiger charge is 2.18. The second-order valence-electron chi connectivity index (χ2n) is 4.95. The minimum atomic E-state index is 0.201. The topological polar surface area (TPSA) is 55.0 Å². The molecule has 4 nitrogen and oxygen atoms in total. The smallest absolute Gasteiger partial charge is 0.0784 e. The van der Waals surface area contributed by atoms with Crippen LogP contribution < -0.4 is 5.73 Å². The van der Waals surface area contributed by atoms with Gasteiger partial charge in [-0.25, -0.2) is 0 Å². The fourth-order valence-electron chi connectivity index (χ4n) is 2.39. The molecule has 1 unspecified atom stereocenters. The fraction of sp³-hybridized carbons (Fsp3) is 0.375. The maximum absolute atomic E-state index is 5.76. The largest absolute Gasteiger partial charge is 0.329 e. The van der Waals surface area contributed by atoms with Crippen molar-refractivity contribution in [2.75, 3.05) is 13.1 Å². The lowest BCUT2D eigenvalue weighted by molar-refractivity contribution is 0.203. The number of nitrogens with two attached hydrogens (primary N) is 1. The molecule has 1 heterocycles. The average molecular weight is 270 g/mol. The predicted octanol–water partition coefficient (Wildman–Crippen LogP) is 2.31. The Labute approximate surface area is 120 Å². The van der Waals surface area contributed by atoms with E-state index >= 15 is 0 Å². The van der Waals surface area contributed by atoms with Crippen molar-refractivity contribution in [3.63, 3.8) is 0 Å². The van der Waals surface area contributed by atoms with Crippen LogP contribution in [-0.4, -0.2) is 28.0 Å². The zero-order valence-corrected chi connectivity index (χ0v) is 12.2. The first-order valence-corrected chi connectivity index (χ1v) is 6.98. The summed E-state index contributed by atoms with van der Waals surface area (Å²) in [5.41, 5.74) is 9.05. The van der Waals surface area contributed by atoms with Gasteiger partial charge in [-0.15, -0.1) is 0 Å². The summed E-state index contributed by atoms with van der Waals surface area (Å²) in [6.45, 7) is 6.51. The van der Waals surface area contributed by atoms with Gasteiger partial charge in [0.15, 0.2) is 0 Å². The summed E-state index contributed by atoms with van der Waals surface area (Å²) in [4.78, 5) is 11.1. The number of nitrogens with zero attached hydrogens (tertiary/aromatic N) is 3. The van der Waals surface area contributed by atoms with Gasteiger partial charge in [0.1, 0.15) is 0 Å². The molecule has 1 atom stereocenters. The maximum atomic E-state index is 5.76. The van der Waals surface area contributed by atoms with Gasteiger partial charge in [-0.1, -0.05) is 30.3 Å². The number of aromatic nitrogens is 2. The Hall–Kier alpha value is -1.78. The van der Waals surface area contributed by atoms with Gasteiger partial charge in [0, 0.05) is 32.0 Å². The van der Waals surface area contributed by atoms with Crippen LogP contribution in [0.4, 0.5) is 0 Å². The summed E-state index contributed by atoms with van der Waals surface area (Å²) >= 11 is 0. The summed E-state index contributed by atoms with van der Waals surface area (Å²) in [6, 6.07) is 10.6. The van der Waals surface area contributed by atoms with Crippen LogP contribution in [-0.2, 0) is 6.54 Å². The Kier molecular flexibility index (Phi) is 5.21. The molecule has 0 spiro atoms. The van der Waals surface area contributed by atoms with E-state index in [0.717, 1.165) is 24.5 Å². The van der Waals surface area contributed by atoms with Crippen LogP contribution >= 0.6 is 0 Å². The number of aryl methyl sites for hydroxylation is 1. The van der Waals surface area contributed by atoms with E-state index in [4.69, 9.17) is 5.73 Å². The van der Waals surface area contributed by atoms with Crippen LogP contribution in [0.25, 0.3) is 0 Å². The Morgan fingerprint density at radius 2 is 1.85 bits per heavy atom. The molecular formula is C16H22N4. The van der Waals surface area contributed by atoms with Crippen molar-refractivity contribution >= 4 is 0 Å². The Bertz CT molecular complexity index is 527. The predicted molar refractivity (Wildman–Crippen MR) is 81.1 cm³/mol. The third-order valence-corrected chi connectivity index (χ3v) is 3.51. The molecule has 0 bridgehead atoms. The van der Waals surface area contributed by atoms with Crippen molar-refractivity contribution in [2.24, 2.45) is 5.73 Å². The van der Waals surface area contributed by atoms with E-state index in [0.29, 0.717) is 6.54 Å². The molecule has 20 heavy (non-hydrogen) atoms. The molecule has 1 aromatic carbocycles. The van der Waals surface area contributed by atoms with Gasteiger partial charge in [0.25, 0.3) is 0 Å². The van der Waals surface area contributed by atoms with Gasteiger partial charge in [0.2, 0.25) is 0 Å². The van der Waals surface area contributed by atoms with E-state index in [2.05, 4.69) is 46.1 Å². The van der Waals surface area contributed by atoms with Crippen molar-refractivity contribution in [3.05, 3.63) is 59.7 Å². The van der Waals surface area contributed by atoms with Gasteiger partial charge in [-0.3, -0.25) is 14.9 Å². The first-order chi connectivity index (χ1) is 9.72. The molecule has 2 aromatic rings. The van der Waals surface area contributed by atoms with Crippen molar-refractivity contribution in [1.29, 1.82) is 0 Å². The highest BCUT2D eigenvalue weighted by atomic mass is 15.2. The molecule has 0 fully saturated rings. The molecule has 1 aromatic heterocycles. The van der Waals surface area contributed by atoms with E-state index in [1.165, 1.54) is 5.56 Å². The Morgan fingerprint density at radius 3 is 2.50 bits per heavy atom. The Balaban J connectivity index is 2.18. The van der Waals surface area contributed by atoms with Crippen LogP contribution in [0.5, 0.6) is 0 Å². The molecule has 4 heteroatoms. The van der Waals surface area contributed by atoms with E-state index in [9.17, 15) is 0 Å². The monoisotopic (exact) mass is 270 g/mol. The zero-order valence-electron chi connectivity index (χ0n) is 12.2. The third kappa shape index (κ3) is 3.62. The summed E-state index contributed by atoms with van der Waals surface area (Å²) < 4.78 is 0. The number of hydrogen-bond donors (Lipinski definition) is 1. The van der Waals surface area contributed by atoms with Crippen LogP contribution in [0.15, 0.2) is 42.7 Å². The lowest BCUT2D eigenvalue weighted by Crippen LogP contribution is -2.32. The summed E-state index contributed by atoms with van der Waals surface area (Å²) in [5.74, 6) is 0. The van der Waals surface area contributed by atoms with Gasteiger partial charge >= 0.3 is 0 Å². The van der Waals surface area contributed by atoms with Crippen LogP contribution in [0.3, 0.4) is 0 Å². The second-order valence-corrected chi connectivity index (χ2v) is 4.95. The number of rotatable bonds is 6. The van der Waals surface area contributed by atoms with Gasteiger partial charge in [-0.05, 0) is 19.4 Å². The van der Waals surface area contributed by atoms with E-state index in [1.807, 2.05) is 13.0 Å². The normalized spacial score (nSPS) is 12.6. The first-order valence-electron chi connectivity index (χ1n) is 6.98. The lowest BCUT2D eigenvalue weighted by atomic mass is 10.1. The third-order valence-electron chi connectivity index (χ3n) is 3.51. The van der Waals surface area contributed by atoms with E-state index in [1.54, 1.807) is 12.4 Å². The van der Waals surface area contributed by atoms with Crippen LogP contribution in [0.2, 0.25) is 0 Å². The summed E-state index contributed by atoms with van der Waals surface area (Å²) in [7, 11) is 0. The van der Waals surface area contributed by atoms with Crippen LogP contribution in [0.1, 0.15) is 29.9 Å². The molecule has 0 amide bonds. The van der Waals surface area contributed by atoms with Gasteiger partial charge in [0.05, 0.1) is 17.4 Å².